The van der Waals surface area contributed by atoms with Crippen LogP contribution in [0.2, 0.25) is 0 Å². The molecule has 0 saturated heterocycles. The molecule has 1 aromatic carbocycles. The van der Waals surface area contributed by atoms with E-state index in [1.807, 2.05) is 0 Å². The second-order valence-electron chi connectivity index (χ2n) is 4.75. The molecule has 7 nitrogen and oxygen atoms in total. The van der Waals surface area contributed by atoms with Gasteiger partial charge in [-0.1, -0.05) is 15.9 Å². The molecular formula is C15H19BrN2O5. The maximum atomic E-state index is 11.8. The number of carboxylic acid groups (broad SMARTS) is 1. The van der Waals surface area contributed by atoms with E-state index in [-0.39, 0.29) is 31.9 Å². The number of benzene rings is 1. The molecule has 0 heterocycles. The van der Waals surface area contributed by atoms with E-state index in [1.165, 1.54) is 7.11 Å². The average Bonchev–Trinajstić information content (AvgIpc) is 2.51. The first kappa shape index (κ1) is 19.1. The zero-order valence-electron chi connectivity index (χ0n) is 12.7. The minimum atomic E-state index is -1.12. The Morgan fingerprint density at radius 1 is 1.26 bits per heavy atom. The minimum Gasteiger partial charge on any atom is -0.480 e. The zero-order chi connectivity index (χ0) is 17.2. The van der Waals surface area contributed by atoms with Crippen molar-refractivity contribution < 1.29 is 24.2 Å². The Morgan fingerprint density at radius 3 is 2.48 bits per heavy atom. The lowest BCUT2D eigenvalue weighted by Gasteiger charge is -2.14. The topological polar surface area (TPSA) is 105 Å². The van der Waals surface area contributed by atoms with E-state index in [0.29, 0.717) is 5.56 Å². The fraction of sp³-hybridized carbons (Fsp3) is 0.400. The predicted molar refractivity (Wildman–Crippen MR) is 87.2 cm³/mol. The molecule has 3 N–H and O–H groups in total. The van der Waals surface area contributed by atoms with Gasteiger partial charge in [-0.2, -0.15) is 0 Å². The summed E-state index contributed by atoms with van der Waals surface area (Å²) in [5.41, 5.74) is 0.483. The molecule has 0 aliphatic rings. The SMILES string of the molecule is COCCC(NC(=O)CCNC(=O)c1ccc(Br)cc1)C(=O)O. The monoisotopic (exact) mass is 386 g/mol. The summed E-state index contributed by atoms with van der Waals surface area (Å²) in [5, 5.41) is 14.0. The smallest absolute Gasteiger partial charge is 0.326 e. The molecule has 0 fully saturated rings. The number of ether oxygens (including phenoxy) is 1. The van der Waals surface area contributed by atoms with Crippen LogP contribution in [0.25, 0.3) is 0 Å². The van der Waals surface area contributed by atoms with E-state index in [0.717, 1.165) is 4.47 Å². The summed E-state index contributed by atoms with van der Waals surface area (Å²) >= 11 is 3.28. The largest absolute Gasteiger partial charge is 0.480 e. The van der Waals surface area contributed by atoms with Crippen LogP contribution in [0.5, 0.6) is 0 Å². The van der Waals surface area contributed by atoms with Crippen molar-refractivity contribution >= 4 is 33.7 Å². The highest BCUT2D eigenvalue weighted by molar-refractivity contribution is 9.10. The third-order valence-electron chi connectivity index (χ3n) is 2.99. The van der Waals surface area contributed by atoms with Crippen molar-refractivity contribution in [2.45, 2.75) is 18.9 Å². The highest BCUT2D eigenvalue weighted by Crippen LogP contribution is 2.10. The number of aliphatic carboxylic acids is 1. The van der Waals surface area contributed by atoms with Gasteiger partial charge in [0.1, 0.15) is 6.04 Å². The van der Waals surface area contributed by atoms with Crippen molar-refractivity contribution in [2.24, 2.45) is 0 Å². The number of nitrogens with one attached hydrogen (secondary N) is 2. The van der Waals surface area contributed by atoms with Crippen LogP contribution >= 0.6 is 15.9 Å². The number of methoxy groups -OCH3 is 1. The van der Waals surface area contributed by atoms with E-state index in [9.17, 15) is 14.4 Å². The highest BCUT2D eigenvalue weighted by Gasteiger charge is 2.19. The van der Waals surface area contributed by atoms with Crippen molar-refractivity contribution in [3.63, 3.8) is 0 Å². The Hall–Kier alpha value is -1.93. The number of rotatable bonds is 9. The summed E-state index contributed by atoms with van der Waals surface area (Å²) in [4.78, 5) is 34.5. The Balaban J connectivity index is 2.36. The van der Waals surface area contributed by atoms with Gasteiger partial charge in [-0.3, -0.25) is 9.59 Å². The molecule has 1 unspecified atom stereocenters. The maximum Gasteiger partial charge on any atom is 0.326 e. The summed E-state index contributed by atoms with van der Waals surface area (Å²) in [6, 6.07) is 5.81. The molecule has 1 atom stereocenters. The molecule has 0 aliphatic heterocycles. The number of carbonyl (C=O) groups excluding carboxylic acids is 2. The predicted octanol–water partition coefficient (Wildman–Crippen LogP) is 1.17. The molecule has 0 saturated carbocycles. The van der Waals surface area contributed by atoms with E-state index < -0.39 is 17.9 Å². The molecule has 126 valence electrons. The lowest BCUT2D eigenvalue weighted by atomic mass is 10.2. The molecule has 0 aromatic heterocycles. The van der Waals surface area contributed by atoms with Gasteiger partial charge in [0.25, 0.3) is 5.91 Å². The standard InChI is InChI=1S/C15H19BrN2O5/c1-23-9-7-12(15(21)22)18-13(19)6-8-17-14(20)10-2-4-11(16)5-3-10/h2-5,12H,6-9H2,1H3,(H,17,20)(H,18,19)(H,21,22). The van der Waals surface area contributed by atoms with Gasteiger partial charge < -0.3 is 20.5 Å². The van der Waals surface area contributed by atoms with Crippen molar-refractivity contribution in [2.75, 3.05) is 20.3 Å². The van der Waals surface area contributed by atoms with E-state index in [4.69, 9.17) is 9.84 Å². The summed E-state index contributed by atoms with van der Waals surface area (Å²) in [7, 11) is 1.46. The van der Waals surface area contributed by atoms with E-state index in [1.54, 1.807) is 24.3 Å². The molecule has 0 radical (unpaired) electrons. The van der Waals surface area contributed by atoms with Gasteiger partial charge in [0, 0.05) is 43.1 Å². The Morgan fingerprint density at radius 2 is 1.91 bits per heavy atom. The highest BCUT2D eigenvalue weighted by atomic mass is 79.9. The van der Waals surface area contributed by atoms with Crippen LogP contribution in [-0.4, -0.2) is 49.2 Å². The number of amides is 2. The van der Waals surface area contributed by atoms with Crippen LogP contribution in [0, 0.1) is 0 Å². The number of hydrogen-bond acceptors (Lipinski definition) is 4. The lowest BCUT2D eigenvalue weighted by molar-refractivity contribution is -0.142. The fourth-order valence-electron chi connectivity index (χ4n) is 1.75. The van der Waals surface area contributed by atoms with Gasteiger partial charge in [-0.15, -0.1) is 0 Å². The lowest BCUT2D eigenvalue weighted by Crippen LogP contribution is -2.42. The molecule has 2 amide bonds. The third kappa shape index (κ3) is 7.25. The number of carboxylic acids is 1. The average molecular weight is 387 g/mol. The summed E-state index contributed by atoms with van der Waals surface area (Å²) in [6.45, 7) is 0.356. The molecule has 8 heteroatoms. The van der Waals surface area contributed by atoms with Crippen molar-refractivity contribution in [1.29, 1.82) is 0 Å². The Bertz CT molecular complexity index is 547. The van der Waals surface area contributed by atoms with Crippen molar-refractivity contribution in [3.05, 3.63) is 34.3 Å². The first-order chi connectivity index (χ1) is 10.9. The molecule has 0 spiro atoms. The number of hydrogen-bond donors (Lipinski definition) is 3. The number of halogens is 1. The quantitative estimate of drug-likeness (QED) is 0.590. The van der Waals surface area contributed by atoms with Gasteiger partial charge in [-0.25, -0.2) is 4.79 Å². The second-order valence-corrected chi connectivity index (χ2v) is 5.67. The molecule has 23 heavy (non-hydrogen) atoms. The van der Waals surface area contributed by atoms with Crippen LogP contribution in [-0.2, 0) is 14.3 Å². The second kappa shape index (κ2) is 9.96. The van der Waals surface area contributed by atoms with Gasteiger partial charge in [0.2, 0.25) is 5.91 Å². The fourth-order valence-corrected chi connectivity index (χ4v) is 2.02. The van der Waals surface area contributed by atoms with Crippen molar-refractivity contribution in [1.82, 2.24) is 10.6 Å². The van der Waals surface area contributed by atoms with E-state index >= 15 is 0 Å². The third-order valence-corrected chi connectivity index (χ3v) is 3.52. The van der Waals surface area contributed by atoms with Crippen LogP contribution in [0.4, 0.5) is 0 Å². The van der Waals surface area contributed by atoms with Gasteiger partial charge in [0.15, 0.2) is 0 Å². The maximum absolute atomic E-state index is 11.8. The first-order valence-electron chi connectivity index (χ1n) is 6.99. The van der Waals surface area contributed by atoms with Crippen molar-refractivity contribution in [3.8, 4) is 0 Å². The van der Waals surface area contributed by atoms with Gasteiger partial charge >= 0.3 is 5.97 Å². The molecule has 0 bridgehead atoms. The summed E-state index contributed by atoms with van der Waals surface area (Å²) in [5.74, 6) is -1.85. The van der Waals surface area contributed by atoms with Crippen LogP contribution in [0.1, 0.15) is 23.2 Å². The van der Waals surface area contributed by atoms with Crippen LogP contribution in [0.3, 0.4) is 0 Å². The Kier molecular flexibility index (Phi) is 8.28. The minimum absolute atomic E-state index is 0.000962. The zero-order valence-corrected chi connectivity index (χ0v) is 14.3. The summed E-state index contributed by atoms with van der Waals surface area (Å²) in [6.07, 6.45) is 0.182. The molecule has 0 aliphatic carbocycles. The van der Waals surface area contributed by atoms with Crippen LogP contribution in [0.15, 0.2) is 28.7 Å². The Labute approximate surface area is 142 Å². The molecule has 1 aromatic rings. The first-order valence-corrected chi connectivity index (χ1v) is 7.78. The number of carbonyl (C=O) groups is 3. The van der Waals surface area contributed by atoms with E-state index in [2.05, 4.69) is 26.6 Å². The van der Waals surface area contributed by atoms with Gasteiger partial charge in [0.05, 0.1) is 0 Å². The summed E-state index contributed by atoms with van der Waals surface area (Å²) < 4.78 is 5.66. The normalized spacial score (nSPS) is 11.6. The van der Waals surface area contributed by atoms with Gasteiger partial charge in [-0.05, 0) is 24.3 Å². The molecule has 1 rings (SSSR count). The van der Waals surface area contributed by atoms with Crippen LogP contribution < -0.4 is 10.6 Å². The molecular weight excluding hydrogens is 368 g/mol.